The Kier molecular flexibility index (Phi) is 9.07. The first-order valence-electron chi connectivity index (χ1n) is 18.1. The number of rotatable bonds is 8. The van der Waals surface area contributed by atoms with Gasteiger partial charge in [-0.1, -0.05) is 6.07 Å². The van der Waals surface area contributed by atoms with Gasteiger partial charge < -0.3 is 20.3 Å². The highest BCUT2D eigenvalue weighted by molar-refractivity contribution is 7.23. The van der Waals surface area contributed by atoms with E-state index in [9.17, 15) is 18.8 Å². The third-order valence-electron chi connectivity index (χ3n) is 11.5. The fourth-order valence-electron chi connectivity index (χ4n) is 8.82. The summed E-state index contributed by atoms with van der Waals surface area (Å²) in [6.45, 7) is 2.11. The van der Waals surface area contributed by atoms with E-state index in [4.69, 9.17) is 10.5 Å². The van der Waals surface area contributed by atoms with Crippen LogP contribution in [-0.2, 0) is 17.1 Å². The molecule has 1 aliphatic carbocycles. The third-order valence-corrected chi connectivity index (χ3v) is 12.6. The van der Waals surface area contributed by atoms with Crippen molar-refractivity contribution in [1.82, 2.24) is 19.8 Å². The summed E-state index contributed by atoms with van der Waals surface area (Å²) in [5, 5.41) is 8.41. The lowest BCUT2D eigenvalue weighted by Gasteiger charge is -2.32. The first-order chi connectivity index (χ1) is 26.4. The highest BCUT2D eigenvalue weighted by atomic mass is 32.1. The molecule has 1 amide bonds. The number of halogens is 9. The number of carbonyl (C=O) groups is 1. The molecule has 2 N–H and O–H groups in total. The first-order valence-corrected chi connectivity index (χ1v) is 18.9. The minimum Gasteiger partial charge on any atom is -0.461 e. The SMILES string of the molecule is CCN(c1nc(OCC23CCCN2CC(F)C3)nc2c(C(F)(F)F)c(-c3ccc(F)c4sc(N)c(C#N)c34)c(C(F)(F)F)cc12)C1CCN(C(=O)C2(F)CC2)C1. The Morgan fingerprint density at radius 3 is 2.54 bits per heavy atom. The monoisotopic (exact) mass is 811 g/mol. The smallest absolute Gasteiger partial charge is 0.419 e. The van der Waals surface area contributed by atoms with Gasteiger partial charge in [-0.05, 0) is 63.3 Å². The number of carbonyl (C=O) groups excluding carboxylic acids is 1. The van der Waals surface area contributed by atoms with Crippen molar-refractivity contribution in [2.45, 2.75) is 81.2 Å². The number of hydrogen-bond acceptors (Lipinski definition) is 9. The molecule has 19 heteroatoms. The second-order valence-corrected chi connectivity index (χ2v) is 16.0. The molecule has 4 aromatic rings. The van der Waals surface area contributed by atoms with Crippen LogP contribution in [0.25, 0.3) is 32.1 Å². The fraction of sp³-hybridized carbons (Fsp3) is 0.514. The number of alkyl halides is 8. The number of likely N-dealkylation sites (N-methyl/N-ethyl adjacent to an activating group) is 1. The van der Waals surface area contributed by atoms with E-state index in [2.05, 4.69) is 9.97 Å². The average Bonchev–Trinajstić information content (AvgIpc) is 3.45. The molecule has 0 radical (unpaired) electrons. The zero-order chi connectivity index (χ0) is 40.1. The molecule has 2 aromatic heterocycles. The van der Waals surface area contributed by atoms with Crippen molar-refractivity contribution in [3.05, 3.63) is 40.7 Å². The van der Waals surface area contributed by atoms with Gasteiger partial charge in [0.15, 0.2) is 5.67 Å². The lowest BCUT2D eigenvalue weighted by atomic mass is 9.88. The van der Waals surface area contributed by atoms with Gasteiger partial charge in [-0.3, -0.25) is 9.69 Å². The van der Waals surface area contributed by atoms with Gasteiger partial charge in [0, 0.05) is 55.0 Å². The minimum atomic E-state index is -5.55. The van der Waals surface area contributed by atoms with E-state index >= 15 is 30.7 Å². The van der Waals surface area contributed by atoms with E-state index in [1.807, 2.05) is 4.90 Å². The summed E-state index contributed by atoms with van der Waals surface area (Å²) in [4.78, 5) is 26.1. The topological polar surface area (TPSA) is 112 Å². The number of nitrogens with two attached hydrogens (primary N) is 1. The van der Waals surface area contributed by atoms with Crippen molar-refractivity contribution >= 4 is 49.1 Å². The van der Waals surface area contributed by atoms with Crippen LogP contribution in [0.1, 0.15) is 62.1 Å². The Balaban J connectivity index is 1.38. The van der Waals surface area contributed by atoms with Crippen molar-refractivity contribution in [2.24, 2.45) is 0 Å². The Hall–Kier alpha value is -4.57. The van der Waals surface area contributed by atoms with Gasteiger partial charge in [0.2, 0.25) is 0 Å². The highest BCUT2D eigenvalue weighted by Crippen LogP contribution is 2.53. The summed E-state index contributed by atoms with van der Waals surface area (Å²) in [6, 6.07) is 2.34. The second-order valence-electron chi connectivity index (χ2n) is 15.0. The Morgan fingerprint density at radius 1 is 1.12 bits per heavy atom. The zero-order valence-corrected chi connectivity index (χ0v) is 30.6. The molecule has 4 aliphatic rings. The fourth-order valence-corrected chi connectivity index (χ4v) is 9.77. The molecule has 56 heavy (non-hydrogen) atoms. The molecule has 0 spiro atoms. The third kappa shape index (κ3) is 6.23. The van der Waals surface area contributed by atoms with Gasteiger partial charge in [-0.15, -0.1) is 11.3 Å². The van der Waals surface area contributed by atoms with E-state index in [1.165, 1.54) is 9.80 Å². The molecule has 3 atom stereocenters. The highest BCUT2D eigenvalue weighted by Gasteiger charge is 2.54. The molecule has 1 saturated carbocycles. The summed E-state index contributed by atoms with van der Waals surface area (Å²) >= 11 is 0.512. The zero-order valence-electron chi connectivity index (χ0n) is 29.8. The number of thiophene rings is 1. The molecule has 298 valence electrons. The number of aromatic nitrogens is 2. The number of ether oxygens (including phenoxy) is 1. The van der Waals surface area contributed by atoms with Gasteiger partial charge in [-0.2, -0.15) is 41.6 Å². The lowest BCUT2D eigenvalue weighted by Crippen LogP contribution is -2.43. The molecule has 3 aliphatic heterocycles. The summed E-state index contributed by atoms with van der Waals surface area (Å²) < 4.78 is 143. The largest absolute Gasteiger partial charge is 0.461 e. The Labute approximate surface area is 317 Å². The molecular formula is C37H34F9N7O2S. The van der Waals surface area contributed by atoms with Crippen molar-refractivity contribution in [1.29, 1.82) is 5.26 Å². The molecular weight excluding hydrogens is 778 g/mol. The van der Waals surface area contributed by atoms with Crippen LogP contribution in [0.3, 0.4) is 0 Å². The number of anilines is 2. The van der Waals surface area contributed by atoms with Crippen LogP contribution < -0.4 is 15.4 Å². The van der Waals surface area contributed by atoms with Crippen LogP contribution >= 0.6 is 11.3 Å². The molecule has 0 bridgehead atoms. The average molecular weight is 812 g/mol. The van der Waals surface area contributed by atoms with Gasteiger partial charge in [0.05, 0.1) is 32.4 Å². The van der Waals surface area contributed by atoms with Gasteiger partial charge in [0.1, 0.15) is 35.5 Å². The van der Waals surface area contributed by atoms with E-state index in [0.717, 1.165) is 6.07 Å². The Morgan fingerprint density at radius 2 is 1.88 bits per heavy atom. The normalized spacial score (nSPS) is 23.6. The molecule has 3 saturated heterocycles. The summed E-state index contributed by atoms with van der Waals surface area (Å²) in [6.07, 6.45) is -10.5. The number of hydrogen-bond donors (Lipinski definition) is 1. The number of amides is 1. The van der Waals surface area contributed by atoms with Crippen molar-refractivity contribution in [2.75, 3.05) is 50.0 Å². The van der Waals surface area contributed by atoms with Crippen molar-refractivity contribution in [3.8, 4) is 23.2 Å². The predicted molar refractivity (Wildman–Crippen MR) is 189 cm³/mol. The van der Waals surface area contributed by atoms with Crippen LogP contribution in [0.5, 0.6) is 6.01 Å². The second kappa shape index (κ2) is 13.3. The van der Waals surface area contributed by atoms with Crippen LogP contribution in [0.2, 0.25) is 0 Å². The van der Waals surface area contributed by atoms with E-state index in [0.29, 0.717) is 42.9 Å². The standard InChI is InChI=1S/C37H34F9N7O2S/c1-2-53(19-6-11-51(16-19)32(54)35(40)8-9-35)31-21-12-23(36(41,42)43)26(20-4-5-24(39)29-25(20)22(14-47)30(48)56-29)27(37(44,45)46)28(21)49-33(50-31)55-17-34-7-3-10-52(34)15-18(38)13-34/h4-5,12,18-19H,2-3,6-11,13,15-17,48H2,1H3. The minimum absolute atomic E-state index is 0.0109. The molecule has 8 rings (SSSR count). The van der Waals surface area contributed by atoms with Crippen LogP contribution in [0.15, 0.2) is 18.2 Å². The maximum Gasteiger partial charge on any atom is 0.419 e. The summed E-state index contributed by atoms with van der Waals surface area (Å²) in [5.74, 6) is -2.08. The van der Waals surface area contributed by atoms with Crippen molar-refractivity contribution < 1.29 is 49.0 Å². The number of likely N-dealkylation sites (tertiary alicyclic amines) is 1. The molecule has 3 unspecified atom stereocenters. The lowest BCUT2D eigenvalue weighted by molar-refractivity contribution is -0.141. The van der Waals surface area contributed by atoms with E-state index < -0.39 is 102 Å². The Bertz CT molecular complexity index is 2300. The molecule has 4 fully saturated rings. The maximum absolute atomic E-state index is 15.7. The van der Waals surface area contributed by atoms with Crippen LogP contribution in [-0.4, -0.2) is 88.4 Å². The van der Waals surface area contributed by atoms with Gasteiger partial charge >= 0.3 is 18.4 Å². The number of benzene rings is 2. The van der Waals surface area contributed by atoms with E-state index in [1.54, 1.807) is 13.0 Å². The van der Waals surface area contributed by atoms with Crippen LogP contribution in [0, 0.1) is 17.1 Å². The molecule has 5 heterocycles. The number of nitriles is 1. The van der Waals surface area contributed by atoms with Crippen molar-refractivity contribution in [3.63, 3.8) is 0 Å². The van der Waals surface area contributed by atoms with Gasteiger partial charge in [-0.25, -0.2) is 13.2 Å². The number of nitrogen functional groups attached to an aromatic ring is 1. The maximum atomic E-state index is 15.7. The summed E-state index contributed by atoms with van der Waals surface area (Å²) in [7, 11) is 0. The predicted octanol–water partition coefficient (Wildman–Crippen LogP) is 8.03. The van der Waals surface area contributed by atoms with Crippen LogP contribution in [0.4, 0.5) is 50.3 Å². The van der Waals surface area contributed by atoms with Gasteiger partial charge in [0.25, 0.3) is 5.91 Å². The van der Waals surface area contributed by atoms with E-state index in [-0.39, 0.29) is 69.3 Å². The first kappa shape index (κ1) is 38.3. The summed E-state index contributed by atoms with van der Waals surface area (Å²) in [5.41, 5.74) is -4.08. The number of nitrogens with zero attached hydrogens (tertiary/aromatic N) is 6. The molecule has 2 aromatic carbocycles. The number of fused-ring (bicyclic) bond motifs is 3. The molecule has 9 nitrogen and oxygen atoms in total. The quantitative estimate of drug-likeness (QED) is 0.178.